The predicted octanol–water partition coefficient (Wildman–Crippen LogP) is 5.66. The number of alkyl halides is 1. The predicted molar refractivity (Wildman–Crippen MR) is 112 cm³/mol. The molecule has 2 unspecified atom stereocenters. The van der Waals surface area contributed by atoms with Crippen LogP contribution in [-0.4, -0.2) is 21.9 Å². The fourth-order valence-electron chi connectivity index (χ4n) is 2.66. The Hall–Kier alpha value is -1.78. The Morgan fingerprint density at radius 3 is 2.66 bits per heavy atom. The number of halogens is 4. The van der Waals surface area contributed by atoms with Crippen LogP contribution in [0.3, 0.4) is 0 Å². The fraction of sp³-hybridized carbons (Fsp3) is 0.158. The average Bonchev–Trinajstić information content (AvgIpc) is 2.67. The lowest BCUT2D eigenvalue weighted by Crippen LogP contribution is -2.50. The lowest BCUT2D eigenvalue weighted by Gasteiger charge is -2.30. The Bertz CT molecular complexity index is 1000. The zero-order chi connectivity index (χ0) is 21.2. The number of benzene rings is 2. The normalized spacial score (nSPS) is 21.5. The summed E-state index contributed by atoms with van der Waals surface area (Å²) in [4.78, 5) is 12.1. The molecule has 2 aromatic rings. The minimum Gasteiger partial charge on any atom is -0.381 e. The van der Waals surface area contributed by atoms with Gasteiger partial charge in [-0.3, -0.25) is 15.4 Å². The second-order valence-corrected chi connectivity index (χ2v) is 8.66. The highest BCUT2D eigenvalue weighted by Gasteiger charge is 2.41. The molecule has 2 atom stereocenters. The zero-order valence-corrected chi connectivity index (χ0v) is 17.8. The molecule has 2 aromatic carbocycles. The van der Waals surface area contributed by atoms with Crippen LogP contribution in [0.1, 0.15) is 5.56 Å². The molecule has 1 aliphatic rings. The van der Waals surface area contributed by atoms with E-state index in [9.17, 15) is 19.6 Å². The second kappa shape index (κ2) is 8.93. The van der Waals surface area contributed by atoms with Crippen molar-refractivity contribution in [2.45, 2.75) is 28.2 Å². The van der Waals surface area contributed by atoms with Gasteiger partial charge in [0.1, 0.15) is 5.83 Å². The van der Waals surface area contributed by atoms with Gasteiger partial charge in [-0.2, -0.15) is 0 Å². The number of nitrogens with zero attached hydrogens (tertiary/aromatic N) is 1. The van der Waals surface area contributed by atoms with Gasteiger partial charge < -0.3 is 5.11 Å². The van der Waals surface area contributed by atoms with E-state index in [1.165, 1.54) is 23.9 Å². The van der Waals surface area contributed by atoms with Gasteiger partial charge in [-0.05, 0) is 48.0 Å². The van der Waals surface area contributed by atoms with Crippen LogP contribution in [0.2, 0.25) is 5.02 Å². The van der Waals surface area contributed by atoms with Gasteiger partial charge in [0.05, 0.1) is 4.92 Å². The van der Waals surface area contributed by atoms with Crippen molar-refractivity contribution < 1.29 is 18.8 Å². The number of aliphatic hydroxyl groups is 1. The molecule has 2 N–H and O–H groups in total. The molecule has 29 heavy (non-hydrogen) atoms. The standard InChI is InChI=1S/C19H14BrClF2N2O3S/c20-12-8-16(22)18(26)19(23,9-12)24-10-11-7-14(25(27)28)3-6-17(11)29-15-4-1-13(21)2-5-15/h1-9,18,24,26H,10H2. The van der Waals surface area contributed by atoms with Crippen LogP contribution in [0.15, 0.2) is 74.7 Å². The van der Waals surface area contributed by atoms with E-state index in [1.54, 1.807) is 30.3 Å². The molecule has 5 nitrogen and oxygen atoms in total. The fourth-order valence-corrected chi connectivity index (χ4v) is 4.26. The largest absolute Gasteiger partial charge is 0.381 e. The quantitative estimate of drug-likeness (QED) is 0.302. The van der Waals surface area contributed by atoms with E-state index < -0.39 is 22.6 Å². The number of non-ortho nitro benzene ring substituents is 1. The molecule has 0 amide bonds. The highest BCUT2D eigenvalue weighted by Crippen LogP contribution is 2.35. The third-order valence-electron chi connectivity index (χ3n) is 4.13. The number of nitro benzene ring substituents is 1. The topological polar surface area (TPSA) is 75.4 Å². The van der Waals surface area contributed by atoms with Gasteiger partial charge in [0.25, 0.3) is 5.69 Å². The minimum atomic E-state index is -2.58. The van der Waals surface area contributed by atoms with Crippen molar-refractivity contribution in [3.63, 3.8) is 0 Å². The van der Waals surface area contributed by atoms with Crippen LogP contribution in [0.4, 0.5) is 14.5 Å². The summed E-state index contributed by atoms with van der Waals surface area (Å²) in [5.41, 5.74) is 0.255. The number of allylic oxidation sites excluding steroid dienone is 2. The Kier molecular flexibility index (Phi) is 6.75. The summed E-state index contributed by atoms with van der Waals surface area (Å²) in [5.74, 6) is -3.62. The molecule has 0 bridgehead atoms. The van der Waals surface area contributed by atoms with Gasteiger partial charge in [0, 0.05) is 38.0 Å². The van der Waals surface area contributed by atoms with E-state index in [1.807, 2.05) is 0 Å². The number of nitrogens with one attached hydrogen (secondary N) is 1. The van der Waals surface area contributed by atoms with Crippen molar-refractivity contribution in [3.8, 4) is 0 Å². The molecule has 0 heterocycles. The first-order chi connectivity index (χ1) is 13.7. The summed E-state index contributed by atoms with van der Waals surface area (Å²) < 4.78 is 29.0. The number of hydrogen-bond acceptors (Lipinski definition) is 5. The molecular weight excluding hydrogens is 490 g/mol. The molecule has 0 aliphatic heterocycles. The van der Waals surface area contributed by atoms with Crippen molar-refractivity contribution in [1.82, 2.24) is 5.32 Å². The first-order valence-corrected chi connectivity index (χ1v) is 10.2. The van der Waals surface area contributed by atoms with Gasteiger partial charge in [0.2, 0.25) is 5.79 Å². The highest BCUT2D eigenvalue weighted by molar-refractivity contribution is 9.11. The van der Waals surface area contributed by atoms with Crippen LogP contribution >= 0.6 is 39.3 Å². The van der Waals surface area contributed by atoms with Gasteiger partial charge in [-0.15, -0.1) is 0 Å². The van der Waals surface area contributed by atoms with Crippen LogP contribution in [0, 0.1) is 10.1 Å². The number of rotatable bonds is 6. The molecule has 0 radical (unpaired) electrons. The lowest BCUT2D eigenvalue weighted by atomic mass is 10.0. The maximum absolute atomic E-state index is 15.1. The molecule has 152 valence electrons. The Balaban J connectivity index is 1.88. The molecule has 3 rings (SSSR count). The van der Waals surface area contributed by atoms with Gasteiger partial charge in [-0.1, -0.05) is 39.3 Å². The van der Waals surface area contributed by atoms with Crippen molar-refractivity contribution in [1.29, 1.82) is 0 Å². The molecule has 0 aromatic heterocycles. The lowest BCUT2D eigenvalue weighted by molar-refractivity contribution is -0.385. The van der Waals surface area contributed by atoms with Crippen LogP contribution < -0.4 is 5.32 Å². The van der Waals surface area contributed by atoms with Crippen LogP contribution in [0.25, 0.3) is 0 Å². The van der Waals surface area contributed by atoms with Crippen molar-refractivity contribution in [2.75, 3.05) is 0 Å². The molecule has 0 saturated carbocycles. The maximum Gasteiger partial charge on any atom is 0.269 e. The average molecular weight is 504 g/mol. The van der Waals surface area contributed by atoms with Gasteiger partial charge in [-0.25, -0.2) is 8.78 Å². The first-order valence-electron chi connectivity index (χ1n) is 8.26. The summed E-state index contributed by atoms with van der Waals surface area (Å²) in [7, 11) is 0. The van der Waals surface area contributed by atoms with E-state index in [0.717, 1.165) is 17.0 Å². The first kappa shape index (κ1) is 21.9. The number of nitro groups is 1. The van der Waals surface area contributed by atoms with E-state index in [4.69, 9.17) is 11.6 Å². The summed E-state index contributed by atoms with van der Waals surface area (Å²) in [6.45, 7) is -0.185. The van der Waals surface area contributed by atoms with E-state index in [0.29, 0.717) is 15.5 Å². The zero-order valence-electron chi connectivity index (χ0n) is 14.6. The monoisotopic (exact) mass is 502 g/mol. The molecule has 0 spiro atoms. The number of aliphatic hydroxyl groups excluding tert-OH is 1. The number of hydrogen-bond donors (Lipinski definition) is 2. The van der Waals surface area contributed by atoms with Crippen molar-refractivity contribution in [3.05, 3.63) is 85.6 Å². The van der Waals surface area contributed by atoms with Gasteiger partial charge in [0.15, 0.2) is 6.10 Å². The Morgan fingerprint density at radius 2 is 2.00 bits per heavy atom. The second-order valence-electron chi connectivity index (χ2n) is 6.19. The maximum atomic E-state index is 15.1. The van der Waals surface area contributed by atoms with Gasteiger partial charge >= 0.3 is 0 Å². The van der Waals surface area contributed by atoms with E-state index in [2.05, 4.69) is 21.2 Å². The van der Waals surface area contributed by atoms with Crippen LogP contribution in [-0.2, 0) is 6.54 Å². The van der Waals surface area contributed by atoms with Crippen molar-refractivity contribution >= 4 is 45.0 Å². The molecule has 10 heteroatoms. The van der Waals surface area contributed by atoms with Crippen LogP contribution in [0.5, 0.6) is 0 Å². The third-order valence-corrected chi connectivity index (χ3v) is 5.96. The molecule has 0 fully saturated rings. The van der Waals surface area contributed by atoms with E-state index >= 15 is 4.39 Å². The molecule has 1 aliphatic carbocycles. The summed E-state index contributed by atoms with van der Waals surface area (Å²) in [5, 5.41) is 24.1. The Morgan fingerprint density at radius 1 is 1.31 bits per heavy atom. The summed E-state index contributed by atoms with van der Waals surface area (Å²) in [6, 6.07) is 11.2. The minimum absolute atomic E-state index is 0.130. The molecule has 0 saturated heterocycles. The molecular formula is C19H14BrClF2N2O3S. The van der Waals surface area contributed by atoms with E-state index in [-0.39, 0.29) is 16.7 Å². The van der Waals surface area contributed by atoms with Crippen molar-refractivity contribution in [2.24, 2.45) is 0 Å². The smallest absolute Gasteiger partial charge is 0.269 e. The highest BCUT2D eigenvalue weighted by atomic mass is 79.9. The summed E-state index contributed by atoms with van der Waals surface area (Å²) in [6.07, 6.45) is -0.0569. The summed E-state index contributed by atoms with van der Waals surface area (Å²) >= 11 is 10.2. The third kappa shape index (κ3) is 5.23. The SMILES string of the molecule is O=[N+]([O-])c1ccc(Sc2ccc(Cl)cc2)c(CNC2(F)C=C(Br)C=C(F)C2O)c1. The Labute approximate surface area is 182 Å².